The molecule has 1 aromatic carbocycles. The first-order valence-electron chi connectivity index (χ1n) is 5.91. The van der Waals surface area contributed by atoms with Crippen LogP contribution in [0.2, 0.25) is 0 Å². The molecule has 0 heterocycles. The summed E-state index contributed by atoms with van der Waals surface area (Å²) in [5.41, 5.74) is 1.95. The number of Topliss-reactive ketones (excluding diaryl/α,β-unsaturated/α-hetero) is 1. The van der Waals surface area contributed by atoms with Crippen molar-refractivity contribution in [3.8, 4) is 0 Å². The van der Waals surface area contributed by atoms with Crippen LogP contribution in [0.4, 0.5) is 0 Å². The zero-order chi connectivity index (χ0) is 11.6. The number of aliphatic hydroxyl groups excluding tert-OH is 1. The number of carbonyl (C=O) groups excluding carboxylic acids is 1. The Labute approximate surface area is 96.3 Å². The summed E-state index contributed by atoms with van der Waals surface area (Å²) >= 11 is 0. The predicted molar refractivity (Wildman–Crippen MR) is 63.7 cm³/mol. The summed E-state index contributed by atoms with van der Waals surface area (Å²) in [6, 6.07) is 7.71. The molecule has 0 aliphatic heterocycles. The Bertz CT molecular complexity index is 389. The van der Waals surface area contributed by atoms with E-state index < -0.39 is 6.61 Å². The largest absolute Gasteiger partial charge is 0.388 e. The van der Waals surface area contributed by atoms with E-state index in [2.05, 4.69) is 6.92 Å². The fraction of sp³-hybridized carbons (Fsp3) is 0.500. The van der Waals surface area contributed by atoms with Crippen LogP contribution < -0.4 is 0 Å². The highest BCUT2D eigenvalue weighted by molar-refractivity contribution is 5.98. The maximum atomic E-state index is 11.7. The second-order valence-corrected chi connectivity index (χ2v) is 4.89. The van der Waals surface area contributed by atoms with Gasteiger partial charge < -0.3 is 5.11 Å². The normalized spacial score (nSPS) is 18.6. The third-order valence-electron chi connectivity index (χ3n) is 3.73. The maximum absolute atomic E-state index is 11.7. The Balaban J connectivity index is 2.43. The third-order valence-corrected chi connectivity index (χ3v) is 3.73. The Hall–Kier alpha value is -1.15. The molecular weight excluding hydrogens is 200 g/mol. The number of benzene rings is 1. The van der Waals surface area contributed by atoms with Gasteiger partial charge in [0.05, 0.1) is 0 Å². The fourth-order valence-electron chi connectivity index (χ4n) is 2.76. The summed E-state index contributed by atoms with van der Waals surface area (Å²) in [7, 11) is 0. The van der Waals surface area contributed by atoms with E-state index in [-0.39, 0.29) is 11.2 Å². The van der Waals surface area contributed by atoms with Crippen molar-refractivity contribution in [3.63, 3.8) is 0 Å². The molecule has 1 aliphatic rings. The Morgan fingerprint density at radius 3 is 2.56 bits per heavy atom. The molecular formula is C14H18O2. The number of hydrogen-bond acceptors (Lipinski definition) is 2. The molecule has 1 fully saturated rings. The summed E-state index contributed by atoms with van der Waals surface area (Å²) in [6.45, 7) is 1.83. The highest BCUT2D eigenvalue weighted by Gasteiger charge is 2.33. The molecule has 0 radical (unpaired) electrons. The average molecular weight is 218 g/mol. The molecule has 0 spiro atoms. The number of rotatable bonds is 3. The maximum Gasteiger partial charge on any atom is 0.188 e. The average Bonchev–Trinajstić information content (AvgIpc) is 2.76. The Morgan fingerprint density at radius 1 is 1.31 bits per heavy atom. The molecule has 86 valence electrons. The summed E-state index contributed by atoms with van der Waals surface area (Å²) in [5.74, 6) is -0.163. The topological polar surface area (TPSA) is 37.3 Å². The minimum atomic E-state index is -0.396. The van der Waals surface area contributed by atoms with Crippen molar-refractivity contribution in [3.05, 3.63) is 35.4 Å². The second kappa shape index (κ2) is 4.38. The van der Waals surface area contributed by atoms with Gasteiger partial charge in [-0.2, -0.15) is 0 Å². The quantitative estimate of drug-likeness (QED) is 0.792. The molecule has 0 amide bonds. The Morgan fingerprint density at radius 2 is 1.94 bits per heavy atom. The first-order chi connectivity index (χ1) is 7.67. The molecule has 0 saturated heterocycles. The van der Waals surface area contributed by atoms with Crippen molar-refractivity contribution in [2.75, 3.05) is 6.61 Å². The van der Waals surface area contributed by atoms with Crippen molar-refractivity contribution in [2.24, 2.45) is 0 Å². The van der Waals surface area contributed by atoms with Gasteiger partial charge in [-0.1, -0.05) is 44.0 Å². The van der Waals surface area contributed by atoms with Gasteiger partial charge in [-0.25, -0.2) is 0 Å². The van der Waals surface area contributed by atoms with Crippen LogP contribution >= 0.6 is 0 Å². The lowest BCUT2D eigenvalue weighted by molar-refractivity contribution is 0.0901. The smallest absolute Gasteiger partial charge is 0.188 e. The molecule has 2 heteroatoms. The number of hydrogen-bond donors (Lipinski definition) is 1. The SMILES string of the molecule is CC1(c2ccccc2C(=O)CO)CCCC1. The summed E-state index contributed by atoms with van der Waals surface area (Å²) < 4.78 is 0. The molecule has 0 unspecified atom stereocenters. The first kappa shape index (κ1) is 11.3. The van der Waals surface area contributed by atoms with E-state index in [9.17, 15) is 4.79 Å². The number of carbonyl (C=O) groups is 1. The van der Waals surface area contributed by atoms with Crippen LogP contribution in [0.25, 0.3) is 0 Å². The van der Waals surface area contributed by atoms with Gasteiger partial charge in [0, 0.05) is 5.56 Å². The standard InChI is InChI=1S/C14H18O2/c1-14(8-4-5-9-14)12-7-3-2-6-11(12)13(16)10-15/h2-3,6-7,15H,4-5,8-10H2,1H3. The molecule has 1 aliphatic carbocycles. The lowest BCUT2D eigenvalue weighted by Gasteiger charge is -2.26. The van der Waals surface area contributed by atoms with Crippen LogP contribution in [0.5, 0.6) is 0 Å². The highest BCUT2D eigenvalue weighted by Crippen LogP contribution is 2.41. The van der Waals surface area contributed by atoms with E-state index >= 15 is 0 Å². The van der Waals surface area contributed by atoms with Crippen LogP contribution in [-0.2, 0) is 5.41 Å². The van der Waals surface area contributed by atoms with Gasteiger partial charge in [0.25, 0.3) is 0 Å². The Kier molecular flexibility index (Phi) is 3.10. The van der Waals surface area contributed by atoms with E-state index in [1.54, 1.807) is 0 Å². The molecule has 1 saturated carbocycles. The third kappa shape index (κ3) is 1.90. The van der Waals surface area contributed by atoms with E-state index in [1.807, 2.05) is 24.3 Å². The van der Waals surface area contributed by atoms with Crippen LogP contribution in [0.3, 0.4) is 0 Å². The minimum absolute atomic E-state index is 0.126. The number of aliphatic hydroxyl groups is 1. The molecule has 1 aromatic rings. The first-order valence-corrected chi connectivity index (χ1v) is 5.91. The second-order valence-electron chi connectivity index (χ2n) is 4.89. The van der Waals surface area contributed by atoms with Gasteiger partial charge in [-0.3, -0.25) is 4.79 Å². The summed E-state index contributed by atoms with van der Waals surface area (Å²) in [4.78, 5) is 11.7. The molecule has 2 rings (SSSR count). The van der Waals surface area contributed by atoms with Crippen LogP contribution in [0, 0.1) is 0 Å². The number of ketones is 1. The van der Waals surface area contributed by atoms with Crippen LogP contribution in [0.1, 0.15) is 48.5 Å². The lowest BCUT2D eigenvalue weighted by Crippen LogP contribution is -2.21. The molecule has 2 nitrogen and oxygen atoms in total. The monoisotopic (exact) mass is 218 g/mol. The van der Waals surface area contributed by atoms with Gasteiger partial charge in [-0.15, -0.1) is 0 Å². The molecule has 0 bridgehead atoms. The van der Waals surface area contributed by atoms with Gasteiger partial charge in [-0.05, 0) is 23.8 Å². The summed E-state index contributed by atoms with van der Waals surface area (Å²) in [5, 5.41) is 8.99. The van der Waals surface area contributed by atoms with Gasteiger partial charge in [0.1, 0.15) is 6.61 Å². The van der Waals surface area contributed by atoms with Crippen LogP contribution in [0.15, 0.2) is 24.3 Å². The zero-order valence-electron chi connectivity index (χ0n) is 9.70. The van der Waals surface area contributed by atoms with Crippen LogP contribution in [-0.4, -0.2) is 17.5 Å². The van der Waals surface area contributed by atoms with Crippen molar-refractivity contribution in [1.29, 1.82) is 0 Å². The minimum Gasteiger partial charge on any atom is -0.388 e. The van der Waals surface area contributed by atoms with Gasteiger partial charge in [0.2, 0.25) is 0 Å². The van der Waals surface area contributed by atoms with Crippen molar-refractivity contribution >= 4 is 5.78 Å². The molecule has 0 aromatic heterocycles. The highest BCUT2D eigenvalue weighted by atomic mass is 16.3. The summed E-state index contributed by atoms with van der Waals surface area (Å²) in [6.07, 6.45) is 4.75. The van der Waals surface area contributed by atoms with Gasteiger partial charge in [0.15, 0.2) is 5.78 Å². The van der Waals surface area contributed by atoms with Crippen molar-refractivity contribution < 1.29 is 9.90 Å². The van der Waals surface area contributed by atoms with E-state index in [0.717, 1.165) is 18.4 Å². The van der Waals surface area contributed by atoms with E-state index in [1.165, 1.54) is 12.8 Å². The van der Waals surface area contributed by atoms with Crippen molar-refractivity contribution in [2.45, 2.75) is 38.0 Å². The van der Waals surface area contributed by atoms with E-state index in [0.29, 0.717) is 5.56 Å². The van der Waals surface area contributed by atoms with Crippen molar-refractivity contribution in [1.82, 2.24) is 0 Å². The zero-order valence-corrected chi connectivity index (χ0v) is 9.70. The lowest BCUT2D eigenvalue weighted by atomic mass is 9.78. The molecule has 1 N–H and O–H groups in total. The van der Waals surface area contributed by atoms with E-state index in [4.69, 9.17) is 5.11 Å². The van der Waals surface area contributed by atoms with Gasteiger partial charge >= 0.3 is 0 Å². The molecule has 0 atom stereocenters. The predicted octanol–water partition coefficient (Wildman–Crippen LogP) is 2.69. The molecule has 16 heavy (non-hydrogen) atoms. The fourth-order valence-corrected chi connectivity index (χ4v) is 2.76.